The number of carbonyl (C=O) groups is 1. The summed E-state index contributed by atoms with van der Waals surface area (Å²) < 4.78 is 0.611. The van der Waals surface area contributed by atoms with E-state index < -0.39 is 5.97 Å². The Morgan fingerprint density at radius 1 is 1.40 bits per heavy atom. The molecule has 1 saturated carbocycles. The van der Waals surface area contributed by atoms with Crippen LogP contribution in [0.2, 0.25) is 0 Å². The molecule has 0 amide bonds. The van der Waals surface area contributed by atoms with Crippen molar-refractivity contribution >= 4 is 27.6 Å². The second-order valence-electron chi connectivity index (χ2n) is 5.68. The molecule has 2 N–H and O–H groups in total. The average molecular weight is 341 g/mol. The van der Waals surface area contributed by atoms with Crippen molar-refractivity contribution in [2.45, 2.75) is 31.2 Å². The number of nitrogens with one attached hydrogen (secondary N) is 1. The van der Waals surface area contributed by atoms with Crippen molar-refractivity contribution < 1.29 is 9.90 Å². The van der Waals surface area contributed by atoms with Crippen LogP contribution in [0.25, 0.3) is 0 Å². The SMILES string of the molecule is CN(C)C1(CNc2ccc(C(=O)O)c(Br)c2)CCCC1. The highest BCUT2D eigenvalue weighted by Gasteiger charge is 2.35. The molecule has 0 saturated heterocycles. The van der Waals surface area contributed by atoms with Crippen molar-refractivity contribution in [1.29, 1.82) is 0 Å². The summed E-state index contributed by atoms with van der Waals surface area (Å²) in [4.78, 5) is 13.3. The molecule has 20 heavy (non-hydrogen) atoms. The molecule has 2 rings (SSSR count). The van der Waals surface area contributed by atoms with Crippen molar-refractivity contribution in [3.63, 3.8) is 0 Å². The fourth-order valence-electron chi connectivity index (χ4n) is 2.88. The molecule has 1 fully saturated rings. The molecule has 1 aliphatic carbocycles. The van der Waals surface area contributed by atoms with Crippen LogP contribution in [0.15, 0.2) is 22.7 Å². The molecular weight excluding hydrogens is 320 g/mol. The van der Waals surface area contributed by atoms with Gasteiger partial charge in [-0.05, 0) is 61.1 Å². The normalized spacial score (nSPS) is 17.4. The standard InChI is InChI=1S/C15H21BrN2O2/c1-18(2)15(7-3-4-8-15)10-17-11-5-6-12(14(19)20)13(16)9-11/h5-6,9,17H,3-4,7-8,10H2,1-2H3,(H,19,20). The Morgan fingerprint density at radius 3 is 2.55 bits per heavy atom. The van der Waals surface area contributed by atoms with E-state index >= 15 is 0 Å². The van der Waals surface area contributed by atoms with Crippen molar-refractivity contribution in [3.05, 3.63) is 28.2 Å². The highest BCUT2D eigenvalue weighted by Crippen LogP contribution is 2.34. The monoisotopic (exact) mass is 340 g/mol. The topological polar surface area (TPSA) is 52.6 Å². The van der Waals surface area contributed by atoms with E-state index in [4.69, 9.17) is 5.11 Å². The molecule has 1 aromatic carbocycles. The molecule has 0 aliphatic heterocycles. The second-order valence-corrected chi connectivity index (χ2v) is 6.53. The number of nitrogens with zero attached hydrogens (tertiary/aromatic N) is 1. The van der Waals surface area contributed by atoms with Gasteiger partial charge in [0.1, 0.15) is 0 Å². The van der Waals surface area contributed by atoms with Crippen LogP contribution in [-0.4, -0.2) is 42.2 Å². The lowest BCUT2D eigenvalue weighted by Crippen LogP contribution is -2.47. The first kappa shape index (κ1) is 15.3. The van der Waals surface area contributed by atoms with Gasteiger partial charge in [0.2, 0.25) is 0 Å². The Bertz CT molecular complexity index is 497. The Hall–Kier alpha value is -1.07. The molecule has 4 nitrogen and oxygen atoms in total. The summed E-state index contributed by atoms with van der Waals surface area (Å²) in [6, 6.07) is 5.29. The summed E-state index contributed by atoms with van der Waals surface area (Å²) in [6.07, 6.45) is 4.98. The summed E-state index contributed by atoms with van der Waals surface area (Å²) in [7, 11) is 4.27. The zero-order valence-electron chi connectivity index (χ0n) is 11.9. The molecule has 110 valence electrons. The average Bonchev–Trinajstić information content (AvgIpc) is 2.86. The molecule has 0 atom stereocenters. The summed E-state index contributed by atoms with van der Waals surface area (Å²) in [5.41, 5.74) is 1.46. The zero-order chi connectivity index (χ0) is 14.8. The highest BCUT2D eigenvalue weighted by molar-refractivity contribution is 9.10. The van der Waals surface area contributed by atoms with E-state index in [1.54, 1.807) is 6.07 Å². The molecule has 1 aliphatic rings. The molecular formula is C15H21BrN2O2. The van der Waals surface area contributed by atoms with E-state index in [9.17, 15) is 4.79 Å². The lowest BCUT2D eigenvalue weighted by molar-refractivity contribution is 0.0696. The van der Waals surface area contributed by atoms with Crippen LogP contribution in [0, 0.1) is 0 Å². The minimum atomic E-state index is -0.913. The zero-order valence-corrected chi connectivity index (χ0v) is 13.5. The van der Waals surface area contributed by atoms with E-state index in [0.29, 0.717) is 10.0 Å². The fraction of sp³-hybridized carbons (Fsp3) is 0.533. The van der Waals surface area contributed by atoms with Crippen molar-refractivity contribution in [3.8, 4) is 0 Å². The smallest absolute Gasteiger partial charge is 0.336 e. The summed E-state index contributed by atoms with van der Waals surface area (Å²) in [6.45, 7) is 0.888. The molecule has 0 unspecified atom stereocenters. The van der Waals surface area contributed by atoms with Gasteiger partial charge in [0.15, 0.2) is 0 Å². The van der Waals surface area contributed by atoms with Gasteiger partial charge in [0.05, 0.1) is 5.56 Å². The third kappa shape index (κ3) is 3.15. The van der Waals surface area contributed by atoms with E-state index in [0.717, 1.165) is 12.2 Å². The number of rotatable bonds is 5. The first-order valence-corrected chi connectivity index (χ1v) is 7.68. The number of carboxylic acid groups (broad SMARTS) is 1. The minimum absolute atomic E-state index is 0.220. The summed E-state index contributed by atoms with van der Waals surface area (Å²) in [5, 5.41) is 12.5. The minimum Gasteiger partial charge on any atom is -0.478 e. The molecule has 0 bridgehead atoms. The van der Waals surface area contributed by atoms with E-state index in [-0.39, 0.29) is 5.54 Å². The van der Waals surface area contributed by atoms with Crippen molar-refractivity contribution in [2.24, 2.45) is 0 Å². The first-order valence-electron chi connectivity index (χ1n) is 6.89. The molecule has 5 heteroatoms. The van der Waals surface area contributed by atoms with Crippen LogP contribution in [-0.2, 0) is 0 Å². The van der Waals surface area contributed by atoms with E-state index in [1.807, 2.05) is 12.1 Å². The first-order chi connectivity index (χ1) is 9.44. The number of aromatic carboxylic acids is 1. The van der Waals surface area contributed by atoms with Crippen molar-refractivity contribution in [2.75, 3.05) is 26.0 Å². The maximum atomic E-state index is 11.0. The number of likely N-dealkylation sites (N-methyl/N-ethyl adjacent to an activating group) is 1. The van der Waals surface area contributed by atoms with Gasteiger partial charge >= 0.3 is 5.97 Å². The van der Waals surface area contributed by atoms with Gasteiger partial charge < -0.3 is 15.3 Å². The number of hydrogen-bond donors (Lipinski definition) is 2. The summed E-state index contributed by atoms with van der Waals surface area (Å²) in [5.74, 6) is -0.913. The third-order valence-electron chi connectivity index (χ3n) is 4.30. The largest absolute Gasteiger partial charge is 0.478 e. The Balaban J connectivity index is 2.07. The number of halogens is 1. The van der Waals surface area contributed by atoms with Gasteiger partial charge in [-0.3, -0.25) is 0 Å². The molecule has 0 heterocycles. The third-order valence-corrected chi connectivity index (χ3v) is 4.96. The molecule has 0 aromatic heterocycles. The van der Waals surface area contributed by atoms with Crippen LogP contribution in [0.3, 0.4) is 0 Å². The maximum absolute atomic E-state index is 11.0. The van der Waals surface area contributed by atoms with Gasteiger partial charge in [-0.2, -0.15) is 0 Å². The van der Waals surface area contributed by atoms with Gasteiger partial charge in [-0.1, -0.05) is 12.8 Å². The highest BCUT2D eigenvalue weighted by atomic mass is 79.9. The second kappa shape index (κ2) is 6.14. The number of benzene rings is 1. The van der Waals surface area contributed by atoms with Crippen LogP contribution >= 0.6 is 15.9 Å². The quantitative estimate of drug-likeness (QED) is 0.862. The Morgan fingerprint density at radius 2 is 2.05 bits per heavy atom. The van der Waals surface area contributed by atoms with E-state index in [1.165, 1.54) is 25.7 Å². The fourth-order valence-corrected chi connectivity index (χ4v) is 3.43. The van der Waals surface area contributed by atoms with Gasteiger partial charge in [-0.25, -0.2) is 4.79 Å². The predicted octanol–water partition coefficient (Wildman–Crippen LogP) is 3.43. The lowest BCUT2D eigenvalue weighted by Gasteiger charge is -2.36. The van der Waals surface area contributed by atoms with Crippen LogP contribution in [0.5, 0.6) is 0 Å². The number of hydrogen-bond acceptors (Lipinski definition) is 3. The summed E-state index contributed by atoms with van der Waals surface area (Å²) >= 11 is 3.31. The Labute approximate surface area is 128 Å². The molecule has 0 radical (unpaired) electrons. The van der Waals surface area contributed by atoms with Crippen LogP contribution in [0.1, 0.15) is 36.0 Å². The Kier molecular flexibility index (Phi) is 4.70. The van der Waals surface area contributed by atoms with Crippen LogP contribution < -0.4 is 5.32 Å². The van der Waals surface area contributed by atoms with E-state index in [2.05, 4.69) is 40.2 Å². The number of carboxylic acids is 1. The molecule has 0 spiro atoms. The maximum Gasteiger partial charge on any atom is 0.336 e. The predicted molar refractivity (Wildman–Crippen MR) is 84.5 cm³/mol. The lowest BCUT2D eigenvalue weighted by atomic mass is 9.96. The van der Waals surface area contributed by atoms with Crippen LogP contribution in [0.4, 0.5) is 5.69 Å². The van der Waals surface area contributed by atoms with Gasteiger partial charge in [0, 0.05) is 22.2 Å². The van der Waals surface area contributed by atoms with Gasteiger partial charge in [0.25, 0.3) is 0 Å². The molecule has 1 aromatic rings. The van der Waals surface area contributed by atoms with Crippen molar-refractivity contribution in [1.82, 2.24) is 4.90 Å². The van der Waals surface area contributed by atoms with Gasteiger partial charge in [-0.15, -0.1) is 0 Å². The number of anilines is 1.